The minimum Gasteiger partial charge on any atom is -0.447 e. The average Bonchev–Trinajstić information content (AvgIpc) is 3.40. The first-order valence-electron chi connectivity index (χ1n) is 9.22. The van der Waals surface area contributed by atoms with E-state index in [0.717, 1.165) is 40.5 Å². The average molecular weight is 413 g/mol. The van der Waals surface area contributed by atoms with Gasteiger partial charge in [0.05, 0.1) is 16.0 Å². The van der Waals surface area contributed by atoms with Crippen LogP contribution in [-0.2, 0) is 14.3 Å². The third-order valence-corrected chi connectivity index (χ3v) is 6.73. The number of para-hydroxylation sites is 1. The van der Waals surface area contributed by atoms with Crippen LogP contribution < -0.4 is 0 Å². The number of nitrogens with zero attached hydrogens (tertiary/aromatic N) is 2. The Labute approximate surface area is 171 Å². The number of carbonyl (C=O) groups excluding carboxylic acids is 2. The molecule has 0 radical (unpaired) electrons. The molecule has 1 amide bonds. The molecule has 3 aromatic rings. The highest BCUT2D eigenvalue weighted by Gasteiger charge is 2.30. The maximum absolute atomic E-state index is 12.9. The summed E-state index contributed by atoms with van der Waals surface area (Å²) < 4.78 is 7.54. The van der Waals surface area contributed by atoms with Crippen molar-refractivity contribution in [1.82, 2.24) is 9.88 Å². The van der Waals surface area contributed by atoms with Crippen LogP contribution in [0.25, 0.3) is 10.2 Å². The Hall–Kier alpha value is -2.38. The fourth-order valence-corrected chi connectivity index (χ4v) is 5.04. The summed E-state index contributed by atoms with van der Waals surface area (Å²) in [7, 11) is 0. The first-order chi connectivity index (χ1) is 13.7. The number of likely N-dealkylation sites (tertiary alicyclic amines) is 1. The van der Waals surface area contributed by atoms with Crippen molar-refractivity contribution < 1.29 is 14.3 Å². The second-order valence-corrected chi connectivity index (χ2v) is 8.80. The number of fused-ring (bicyclic) bond motifs is 1. The second-order valence-electron chi connectivity index (χ2n) is 6.55. The molecule has 2 heterocycles. The maximum atomic E-state index is 12.9. The number of thioether (sulfide) groups is 1. The molecular formula is C21H20N2O3S2. The van der Waals surface area contributed by atoms with Crippen LogP contribution in [0.2, 0.25) is 0 Å². The van der Waals surface area contributed by atoms with Gasteiger partial charge in [-0.2, -0.15) is 0 Å². The van der Waals surface area contributed by atoms with E-state index in [1.165, 1.54) is 11.8 Å². The highest BCUT2D eigenvalue weighted by Crippen LogP contribution is 2.30. The summed E-state index contributed by atoms with van der Waals surface area (Å²) in [5.41, 5.74) is 1.63. The Morgan fingerprint density at radius 1 is 1.07 bits per heavy atom. The van der Waals surface area contributed by atoms with Gasteiger partial charge in [0.2, 0.25) is 6.10 Å². The maximum Gasteiger partial charge on any atom is 0.317 e. The zero-order valence-corrected chi connectivity index (χ0v) is 16.9. The van der Waals surface area contributed by atoms with E-state index in [2.05, 4.69) is 4.98 Å². The summed E-state index contributed by atoms with van der Waals surface area (Å²) in [4.78, 5) is 31.7. The number of rotatable bonds is 6. The number of benzene rings is 2. The van der Waals surface area contributed by atoms with Gasteiger partial charge in [-0.25, -0.2) is 4.98 Å². The first-order valence-corrected chi connectivity index (χ1v) is 11.0. The molecule has 4 rings (SSSR count). The molecule has 2 aromatic carbocycles. The van der Waals surface area contributed by atoms with Crippen molar-refractivity contribution in [1.29, 1.82) is 0 Å². The first kappa shape index (κ1) is 19.0. The number of esters is 1. The van der Waals surface area contributed by atoms with Gasteiger partial charge in [-0.1, -0.05) is 54.2 Å². The molecule has 1 aliphatic heterocycles. The summed E-state index contributed by atoms with van der Waals surface area (Å²) in [6, 6.07) is 17.1. The Morgan fingerprint density at radius 3 is 2.54 bits per heavy atom. The molecule has 1 aliphatic rings. The van der Waals surface area contributed by atoms with Gasteiger partial charge in [0.15, 0.2) is 4.34 Å². The summed E-state index contributed by atoms with van der Waals surface area (Å²) in [6.07, 6.45) is 1.10. The van der Waals surface area contributed by atoms with Crippen LogP contribution in [-0.4, -0.2) is 40.6 Å². The lowest BCUT2D eigenvalue weighted by molar-refractivity contribution is -0.158. The van der Waals surface area contributed by atoms with Gasteiger partial charge in [0, 0.05) is 18.7 Å². The molecule has 144 valence electrons. The molecule has 0 aliphatic carbocycles. The van der Waals surface area contributed by atoms with Gasteiger partial charge in [0.25, 0.3) is 5.91 Å². The fraction of sp³-hybridized carbons (Fsp3) is 0.286. The molecule has 0 spiro atoms. The van der Waals surface area contributed by atoms with Crippen LogP contribution in [0.4, 0.5) is 0 Å². The summed E-state index contributed by atoms with van der Waals surface area (Å²) in [5.74, 6) is -0.427. The molecule has 0 saturated carbocycles. The van der Waals surface area contributed by atoms with Crippen molar-refractivity contribution in [3.63, 3.8) is 0 Å². The molecule has 1 atom stereocenters. The minimum absolute atomic E-state index is 0.121. The van der Waals surface area contributed by atoms with Crippen molar-refractivity contribution in [3.8, 4) is 0 Å². The zero-order valence-electron chi connectivity index (χ0n) is 15.2. The molecular weight excluding hydrogens is 392 g/mol. The summed E-state index contributed by atoms with van der Waals surface area (Å²) in [6.45, 7) is 1.44. The molecule has 0 bridgehead atoms. The van der Waals surface area contributed by atoms with Crippen molar-refractivity contribution in [3.05, 3.63) is 60.2 Å². The van der Waals surface area contributed by atoms with Crippen LogP contribution in [0.5, 0.6) is 0 Å². The molecule has 1 aromatic heterocycles. The minimum atomic E-state index is -0.886. The molecule has 1 fully saturated rings. The smallest absolute Gasteiger partial charge is 0.317 e. The highest BCUT2D eigenvalue weighted by atomic mass is 32.2. The Kier molecular flexibility index (Phi) is 5.92. The molecule has 28 heavy (non-hydrogen) atoms. The van der Waals surface area contributed by atoms with E-state index in [1.54, 1.807) is 16.2 Å². The predicted octanol–water partition coefficient (Wildman–Crippen LogP) is 4.30. The number of thiazole rings is 1. The van der Waals surface area contributed by atoms with Crippen LogP contribution in [0, 0.1) is 0 Å². The van der Waals surface area contributed by atoms with E-state index in [9.17, 15) is 9.59 Å². The van der Waals surface area contributed by atoms with Crippen molar-refractivity contribution in [2.24, 2.45) is 0 Å². The summed E-state index contributed by atoms with van der Waals surface area (Å²) >= 11 is 2.89. The lowest BCUT2D eigenvalue weighted by Crippen LogP contribution is -2.35. The Balaban J connectivity index is 1.43. The van der Waals surface area contributed by atoms with E-state index in [0.29, 0.717) is 5.56 Å². The molecule has 7 heteroatoms. The normalized spacial score (nSPS) is 14.9. The van der Waals surface area contributed by atoms with Crippen LogP contribution >= 0.6 is 23.1 Å². The largest absolute Gasteiger partial charge is 0.447 e. The molecule has 5 nitrogen and oxygen atoms in total. The monoisotopic (exact) mass is 412 g/mol. The Bertz CT molecular complexity index is 935. The lowest BCUT2D eigenvalue weighted by atomic mass is 10.1. The topological polar surface area (TPSA) is 59.5 Å². The fourth-order valence-electron chi connectivity index (χ4n) is 3.19. The van der Waals surface area contributed by atoms with Gasteiger partial charge in [0.1, 0.15) is 0 Å². The number of aromatic nitrogens is 1. The van der Waals surface area contributed by atoms with E-state index < -0.39 is 12.1 Å². The quantitative estimate of drug-likeness (QED) is 0.446. The number of hydrogen-bond donors (Lipinski definition) is 0. The third kappa shape index (κ3) is 4.36. The van der Waals surface area contributed by atoms with E-state index in [-0.39, 0.29) is 11.7 Å². The van der Waals surface area contributed by atoms with Crippen molar-refractivity contribution in [2.75, 3.05) is 18.8 Å². The number of carbonyl (C=O) groups is 2. The van der Waals surface area contributed by atoms with Gasteiger partial charge in [-0.3, -0.25) is 9.59 Å². The molecule has 0 unspecified atom stereocenters. The second kappa shape index (κ2) is 8.75. The van der Waals surface area contributed by atoms with Crippen LogP contribution in [0.1, 0.15) is 24.5 Å². The third-order valence-electron chi connectivity index (χ3n) is 4.58. The number of ether oxygens (including phenoxy) is 1. The van der Waals surface area contributed by atoms with E-state index in [1.807, 2.05) is 54.6 Å². The lowest BCUT2D eigenvalue weighted by Gasteiger charge is -2.23. The van der Waals surface area contributed by atoms with Crippen molar-refractivity contribution >= 4 is 45.2 Å². The van der Waals surface area contributed by atoms with Gasteiger partial charge in [-0.05, 0) is 25.0 Å². The Morgan fingerprint density at radius 2 is 1.79 bits per heavy atom. The predicted molar refractivity (Wildman–Crippen MR) is 111 cm³/mol. The van der Waals surface area contributed by atoms with E-state index >= 15 is 0 Å². The van der Waals surface area contributed by atoms with E-state index in [4.69, 9.17) is 4.74 Å². The highest BCUT2D eigenvalue weighted by molar-refractivity contribution is 8.01. The van der Waals surface area contributed by atoms with Gasteiger partial charge < -0.3 is 9.64 Å². The van der Waals surface area contributed by atoms with Gasteiger partial charge >= 0.3 is 5.97 Å². The number of amides is 1. The molecule has 1 saturated heterocycles. The van der Waals surface area contributed by atoms with Gasteiger partial charge in [-0.15, -0.1) is 11.3 Å². The SMILES string of the molecule is O=C(CSc1nc2ccccc2s1)O[C@@H](C(=O)N1CCCC1)c1ccccc1. The standard InChI is InChI=1S/C21H20N2O3S2/c24-18(14-27-21-22-16-10-4-5-11-17(16)28-21)26-19(15-8-2-1-3-9-15)20(25)23-12-6-7-13-23/h1-5,8-11,19H,6-7,12-14H2/t19-/m1/s1. The zero-order chi connectivity index (χ0) is 19.3. The van der Waals surface area contributed by atoms with Crippen molar-refractivity contribution in [2.45, 2.75) is 23.3 Å². The number of hydrogen-bond acceptors (Lipinski definition) is 6. The summed E-state index contributed by atoms with van der Waals surface area (Å²) in [5, 5.41) is 0. The molecule has 0 N–H and O–H groups in total. The van der Waals surface area contributed by atoms with Crippen LogP contribution in [0.15, 0.2) is 58.9 Å². The van der Waals surface area contributed by atoms with Crippen LogP contribution in [0.3, 0.4) is 0 Å².